The molecule has 1 saturated heterocycles. The molecule has 0 aliphatic carbocycles. The zero-order valence-electron chi connectivity index (χ0n) is 10.2. The molecule has 0 spiro atoms. The molecule has 0 aromatic heterocycles. The van der Waals surface area contributed by atoms with Gasteiger partial charge in [-0.2, -0.15) is 0 Å². The highest BCUT2D eigenvalue weighted by atomic mass is 35.5. The van der Waals surface area contributed by atoms with Crippen molar-refractivity contribution < 1.29 is 4.79 Å². The van der Waals surface area contributed by atoms with E-state index in [1.165, 1.54) is 6.42 Å². The van der Waals surface area contributed by atoms with Crippen LogP contribution in [0.15, 0.2) is 0 Å². The van der Waals surface area contributed by atoms with Gasteiger partial charge >= 0.3 is 0 Å². The number of amides is 1. The van der Waals surface area contributed by atoms with E-state index in [0.717, 1.165) is 6.54 Å². The molecule has 1 heterocycles. The predicted octanol–water partition coefficient (Wildman–Crippen LogP) is 2.75. The smallest absolute Gasteiger partial charge is 0.226 e. The minimum atomic E-state index is -0.0494. The van der Waals surface area contributed by atoms with Gasteiger partial charge in [-0.15, -0.1) is 11.6 Å². The minimum Gasteiger partial charge on any atom is -0.339 e. The van der Waals surface area contributed by atoms with Crippen LogP contribution in [0.1, 0.15) is 34.1 Å². The standard InChI is InChI=1S/C12H22ClNO/c1-8-5-9(2)11(4)14(7-8)12(15)10(3)6-13/h8-11H,5-7H2,1-4H3. The Morgan fingerprint density at radius 2 is 2.07 bits per heavy atom. The number of rotatable bonds is 2. The Balaban J connectivity index is 2.70. The first kappa shape index (κ1) is 12.8. The van der Waals surface area contributed by atoms with E-state index in [9.17, 15) is 4.79 Å². The number of hydrogen-bond donors (Lipinski definition) is 0. The molecule has 4 unspecified atom stereocenters. The quantitative estimate of drug-likeness (QED) is 0.670. The molecule has 1 fully saturated rings. The van der Waals surface area contributed by atoms with Crippen LogP contribution in [-0.2, 0) is 4.79 Å². The third kappa shape index (κ3) is 2.87. The second-order valence-corrected chi connectivity index (χ2v) is 5.41. The van der Waals surface area contributed by atoms with Gasteiger partial charge < -0.3 is 4.90 Å². The number of halogens is 1. The van der Waals surface area contributed by atoms with Crippen LogP contribution < -0.4 is 0 Å². The van der Waals surface area contributed by atoms with Crippen LogP contribution in [0.25, 0.3) is 0 Å². The summed E-state index contributed by atoms with van der Waals surface area (Å²) in [6.07, 6.45) is 1.22. The fraction of sp³-hybridized carbons (Fsp3) is 0.917. The first-order chi connectivity index (χ1) is 6.97. The highest BCUT2D eigenvalue weighted by Crippen LogP contribution is 2.28. The average Bonchev–Trinajstić information content (AvgIpc) is 2.21. The van der Waals surface area contributed by atoms with E-state index in [2.05, 4.69) is 20.8 Å². The lowest BCUT2D eigenvalue weighted by Gasteiger charge is -2.42. The maximum Gasteiger partial charge on any atom is 0.226 e. The van der Waals surface area contributed by atoms with Crippen LogP contribution in [-0.4, -0.2) is 29.3 Å². The Hall–Kier alpha value is -0.240. The summed E-state index contributed by atoms with van der Waals surface area (Å²) in [5.74, 6) is 1.80. The molecule has 1 rings (SSSR count). The highest BCUT2D eigenvalue weighted by molar-refractivity contribution is 6.19. The largest absolute Gasteiger partial charge is 0.339 e. The maximum atomic E-state index is 12.1. The van der Waals surface area contributed by atoms with Gasteiger partial charge in [0, 0.05) is 24.4 Å². The molecule has 2 nitrogen and oxygen atoms in total. The molecule has 1 aliphatic rings. The summed E-state index contributed by atoms with van der Waals surface area (Å²) in [7, 11) is 0. The van der Waals surface area contributed by atoms with Gasteiger partial charge in [-0.3, -0.25) is 4.79 Å². The third-order valence-corrected chi connectivity index (χ3v) is 4.00. The molecular formula is C12H22ClNO. The summed E-state index contributed by atoms with van der Waals surface area (Å²) in [6, 6.07) is 0.361. The van der Waals surface area contributed by atoms with Gasteiger partial charge in [0.1, 0.15) is 0 Å². The topological polar surface area (TPSA) is 20.3 Å². The van der Waals surface area contributed by atoms with Crippen molar-refractivity contribution in [3.05, 3.63) is 0 Å². The Bertz CT molecular complexity index is 232. The summed E-state index contributed by atoms with van der Waals surface area (Å²) in [5.41, 5.74) is 0. The second kappa shape index (κ2) is 5.20. The Labute approximate surface area is 98.0 Å². The molecule has 1 amide bonds. The number of carbonyl (C=O) groups excluding carboxylic acids is 1. The van der Waals surface area contributed by atoms with Crippen molar-refractivity contribution in [3.63, 3.8) is 0 Å². The van der Waals surface area contributed by atoms with E-state index in [1.807, 2.05) is 11.8 Å². The van der Waals surface area contributed by atoms with Gasteiger partial charge in [0.05, 0.1) is 0 Å². The highest BCUT2D eigenvalue weighted by Gasteiger charge is 2.33. The summed E-state index contributed by atoms with van der Waals surface area (Å²) in [5, 5.41) is 0. The van der Waals surface area contributed by atoms with Crippen LogP contribution in [0.5, 0.6) is 0 Å². The fourth-order valence-corrected chi connectivity index (χ4v) is 2.49. The van der Waals surface area contributed by atoms with E-state index in [-0.39, 0.29) is 11.8 Å². The minimum absolute atomic E-state index is 0.0494. The Morgan fingerprint density at radius 1 is 1.47 bits per heavy atom. The van der Waals surface area contributed by atoms with Crippen molar-refractivity contribution >= 4 is 17.5 Å². The van der Waals surface area contributed by atoms with Gasteiger partial charge in [0.15, 0.2) is 0 Å². The summed E-state index contributed by atoms with van der Waals surface area (Å²) in [6.45, 7) is 9.40. The van der Waals surface area contributed by atoms with Gasteiger partial charge in [-0.25, -0.2) is 0 Å². The molecule has 0 radical (unpaired) electrons. The molecule has 1 aliphatic heterocycles. The van der Waals surface area contributed by atoms with Crippen molar-refractivity contribution in [1.29, 1.82) is 0 Å². The normalized spacial score (nSPS) is 33.9. The number of likely N-dealkylation sites (tertiary alicyclic amines) is 1. The molecular weight excluding hydrogens is 210 g/mol. The van der Waals surface area contributed by atoms with E-state index in [0.29, 0.717) is 23.8 Å². The lowest BCUT2D eigenvalue weighted by molar-refractivity contribution is -0.140. The number of alkyl halides is 1. The van der Waals surface area contributed by atoms with E-state index >= 15 is 0 Å². The van der Waals surface area contributed by atoms with E-state index < -0.39 is 0 Å². The zero-order chi connectivity index (χ0) is 11.6. The molecule has 0 bridgehead atoms. The number of nitrogens with zero attached hydrogens (tertiary/aromatic N) is 1. The van der Waals surface area contributed by atoms with Crippen molar-refractivity contribution in [3.8, 4) is 0 Å². The Kier molecular flexibility index (Phi) is 4.45. The van der Waals surface area contributed by atoms with Crippen molar-refractivity contribution in [2.24, 2.45) is 17.8 Å². The van der Waals surface area contributed by atoms with Crippen LogP contribution in [0.2, 0.25) is 0 Å². The summed E-state index contributed by atoms with van der Waals surface area (Å²) >= 11 is 5.74. The number of carbonyl (C=O) groups is 1. The van der Waals surface area contributed by atoms with Crippen LogP contribution in [0.3, 0.4) is 0 Å². The van der Waals surface area contributed by atoms with Crippen molar-refractivity contribution in [2.75, 3.05) is 12.4 Å². The number of hydrogen-bond acceptors (Lipinski definition) is 1. The summed E-state index contributed by atoms with van der Waals surface area (Å²) in [4.78, 5) is 14.1. The van der Waals surface area contributed by atoms with Crippen LogP contribution >= 0.6 is 11.6 Å². The molecule has 0 aromatic rings. The lowest BCUT2D eigenvalue weighted by atomic mass is 9.85. The van der Waals surface area contributed by atoms with Crippen LogP contribution in [0, 0.1) is 17.8 Å². The fourth-order valence-electron chi connectivity index (χ4n) is 2.36. The molecule has 0 saturated carbocycles. The average molecular weight is 232 g/mol. The first-order valence-corrected chi connectivity index (χ1v) is 6.37. The maximum absolute atomic E-state index is 12.1. The molecule has 88 valence electrons. The second-order valence-electron chi connectivity index (χ2n) is 5.10. The summed E-state index contributed by atoms with van der Waals surface area (Å²) < 4.78 is 0. The third-order valence-electron chi connectivity index (χ3n) is 3.53. The molecule has 4 atom stereocenters. The Morgan fingerprint density at radius 3 is 2.60 bits per heavy atom. The number of piperidine rings is 1. The lowest BCUT2D eigenvalue weighted by Crippen LogP contribution is -2.50. The van der Waals surface area contributed by atoms with Crippen LogP contribution in [0.4, 0.5) is 0 Å². The van der Waals surface area contributed by atoms with Crippen molar-refractivity contribution in [2.45, 2.75) is 40.2 Å². The first-order valence-electron chi connectivity index (χ1n) is 5.83. The van der Waals surface area contributed by atoms with Gasteiger partial charge in [0.2, 0.25) is 5.91 Å². The van der Waals surface area contributed by atoms with E-state index in [4.69, 9.17) is 11.6 Å². The molecule has 0 aromatic carbocycles. The monoisotopic (exact) mass is 231 g/mol. The van der Waals surface area contributed by atoms with Gasteiger partial charge in [-0.05, 0) is 25.2 Å². The van der Waals surface area contributed by atoms with Crippen molar-refractivity contribution in [1.82, 2.24) is 4.90 Å². The molecule has 0 N–H and O–H groups in total. The van der Waals surface area contributed by atoms with Gasteiger partial charge in [-0.1, -0.05) is 20.8 Å². The molecule has 15 heavy (non-hydrogen) atoms. The SMILES string of the molecule is CC1CC(C)C(C)N(C(=O)C(C)CCl)C1. The zero-order valence-corrected chi connectivity index (χ0v) is 10.9. The molecule has 3 heteroatoms. The van der Waals surface area contributed by atoms with Gasteiger partial charge in [0.25, 0.3) is 0 Å². The van der Waals surface area contributed by atoms with E-state index in [1.54, 1.807) is 0 Å². The predicted molar refractivity (Wildman–Crippen MR) is 64.0 cm³/mol.